The number of ether oxygens (including phenoxy) is 2. The molecular formula is C14H14O4. The predicted octanol–water partition coefficient (Wildman–Crippen LogP) is 3.05. The smallest absolute Gasteiger partial charge is 0.341 e. The number of rotatable bonds is 3. The average molecular weight is 246 g/mol. The summed E-state index contributed by atoms with van der Waals surface area (Å²) in [6, 6.07) is 9.13. The number of carbonyl (C=O) groups excluding carboxylic acids is 1. The number of methoxy groups -OCH3 is 2. The zero-order valence-corrected chi connectivity index (χ0v) is 10.5. The van der Waals surface area contributed by atoms with Crippen molar-refractivity contribution in [3.8, 4) is 17.1 Å². The van der Waals surface area contributed by atoms with Crippen LogP contribution < -0.4 is 4.74 Å². The molecule has 1 heterocycles. The molecule has 2 rings (SSSR count). The molecule has 2 aromatic rings. The summed E-state index contributed by atoms with van der Waals surface area (Å²) in [6.45, 7) is 1.73. The largest absolute Gasteiger partial charge is 0.496 e. The second-order valence-electron chi connectivity index (χ2n) is 3.77. The van der Waals surface area contributed by atoms with Crippen molar-refractivity contribution in [1.29, 1.82) is 0 Å². The highest BCUT2D eigenvalue weighted by molar-refractivity contribution is 5.92. The van der Waals surface area contributed by atoms with Gasteiger partial charge in [-0.3, -0.25) is 0 Å². The van der Waals surface area contributed by atoms with E-state index in [0.29, 0.717) is 22.8 Å². The highest BCUT2D eigenvalue weighted by atomic mass is 16.5. The lowest BCUT2D eigenvalue weighted by Crippen LogP contribution is -2.00. The lowest BCUT2D eigenvalue weighted by Gasteiger charge is -2.04. The van der Waals surface area contributed by atoms with Crippen LogP contribution in [0.15, 0.2) is 34.7 Å². The number of carbonyl (C=O) groups is 1. The predicted molar refractivity (Wildman–Crippen MR) is 66.8 cm³/mol. The maximum atomic E-state index is 11.5. The molecule has 0 saturated carbocycles. The summed E-state index contributed by atoms with van der Waals surface area (Å²) in [6.07, 6.45) is 0. The number of hydrogen-bond donors (Lipinski definition) is 0. The minimum absolute atomic E-state index is 0.405. The molecule has 0 aliphatic heterocycles. The Balaban J connectivity index is 2.49. The van der Waals surface area contributed by atoms with Crippen molar-refractivity contribution in [2.75, 3.05) is 14.2 Å². The topological polar surface area (TPSA) is 48.7 Å². The Bertz CT molecular complexity index is 569. The van der Waals surface area contributed by atoms with E-state index in [-0.39, 0.29) is 0 Å². The number of hydrogen-bond acceptors (Lipinski definition) is 4. The van der Waals surface area contributed by atoms with Crippen LogP contribution >= 0.6 is 0 Å². The second-order valence-corrected chi connectivity index (χ2v) is 3.77. The van der Waals surface area contributed by atoms with E-state index in [1.807, 2.05) is 24.3 Å². The average Bonchev–Trinajstić information content (AvgIpc) is 2.79. The molecule has 0 bridgehead atoms. The van der Waals surface area contributed by atoms with E-state index in [4.69, 9.17) is 13.9 Å². The van der Waals surface area contributed by atoms with Gasteiger partial charge in [0.25, 0.3) is 0 Å². The highest BCUT2D eigenvalue weighted by Gasteiger charge is 2.17. The Morgan fingerprint density at radius 3 is 2.61 bits per heavy atom. The molecule has 0 N–H and O–H groups in total. The lowest BCUT2D eigenvalue weighted by molar-refractivity contribution is 0.0599. The maximum absolute atomic E-state index is 11.5. The summed E-state index contributed by atoms with van der Waals surface area (Å²) >= 11 is 0. The molecule has 0 saturated heterocycles. The number of aryl methyl sites for hydroxylation is 1. The first-order valence-corrected chi connectivity index (χ1v) is 5.49. The normalized spacial score (nSPS) is 10.2. The van der Waals surface area contributed by atoms with E-state index in [1.54, 1.807) is 20.1 Å². The first-order valence-electron chi connectivity index (χ1n) is 5.49. The van der Waals surface area contributed by atoms with Gasteiger partial charge in [0.05, 0.1) is 19.8 Å². The number of benzene rings is 1. The summed E-state index contributed by atoms with van der Waals surface area (Å²) in [5.74, 6) is 1.41. The van der Waals surface area contributed by atoms with E-state index < -0.39 is 5.97 Å². The van der Waals surface area contributed by atoms with Gasteiger partial charge >= 0.3 is 5.97 Å². The fraction of sp³-hybridized carbons (Fsp3) is 0.214. The quantitative estimate of drug-likeness (QED) is 0.781. The third-order valence-corrected chi connectivity index (χ3v) is 2.70. The Morgan fingerprint density at radius 1 is 1.22 bits per heavy atom. The van der Waals surface area contributed by atoms with Gasteiger partial charge < -0.3 is 13.9 Å². The van der Waals surface area contributed by atoms with Crippen molar-refractivity contribution in [2.24, 2.45) is 0 Å². The van der Waals surface area contributed by atoms with Crippen LogP contribution in [-0.2, 0) is 4.74 Å². The molecule has 0 fully saturated rings. The van der Waals surface area contributed by atoms with Gasteiger partial charge in [-0.1, -0.05) is 12.1 Å². The van der Waals surface area contributed by atoms with Gasteiger partial charge in [-0.2, -0.15) is 0 Å². The van der Waals surface area contributed by atoms with Crippen LogP contribution in [0, 0.1) is 6.92 Å². The Hall–Kier alpha value is -2.23. The molecule has 1 aromatic heterocycles. The molecule has 0 atom stereocenters. The highest BCUT2D eigenvalue weighted by Crippen LogP contribution is 2.32. The fourth-order valence-electron chi connectivity index (χ4n) is 1.78. The Morgan fingerprint density at radius 2 is 1.94 bits per heavy atom. The molecule has 1 aromatic carbocycles. The first kappa shape index (κ1) is 12.2. The Labute approximate surface area is 105 Å². The Kier molecular flexibility index (Phi) is 3.37. The summed E-state index contributed by atoms with van der Waals surface area (Å²) in [5.41, 5.74) is 1.23. The van der Waals surface area contributed by atoms with Gasteiger partial charge in [0, 0.05) is 0 Å². The standard InChI is InChI=1S/C14H14O4/c1-9-11(14(15)17-3)8-13(18-9)10-6-4-5-7-12(10)16-2/h4-8H,1-3H3. The number of furan rings is 1. The molecule has 0 aliphatic rings. The summed E-state index contributed by atoms with van der Waals surface area (Å²) < 4.78 is 15.5. The minimum Gasteiger partial charge on any atom is -0.496 e. The van der Waals surface area contributed by atoms with Crippen molar-refractivity contribution >= 4 is 5.97 Å². The number of para-hydroxylation sites is 1. The fourth-order valence-corrected chi connectivity index (χ4v) is 1.78. The van der Waals surface area contributed by atoms with Crippen molar-refractivity contribution in [3.05, 3.63) is 41.7 Å². The third-order valence-electron chi connectivity index (χ3n) is 2.70. The zero-order valence-electron chi connectivity index (χ0n) is 10.5. The van der Waals surface area contributed by atoms with Crippen molar-refractivity contribution in [2.45, 2.75) is 6.92 Å². The van der Waals surface area contributed by atoms with Gasteiger partial charge in [0.2, 0.25) is 0 Å². The SMILES string of the molecule is COC(=O)c1cc(-c2ccccc2OC)oc1C. The van der Waals surface area contributed by atoms with E-state index in [2.05, 4.69) is 0 Å². The molecule has 0 amide bonds. The first-order chi connectivity index (χ1) is 8.67. The van der Waals surface area contributed by atoms with E-state index in [9.17, 15) is 4.79 Å². The molecule has 0 unspecified atom stereocenters. The monoisotopic (exact) mass is 246 g/mol. The molecule has 0 aliphatic carbocycles. The van der Waals surface area contributed by atoms with Gasteiger partial charge in [-0.05, 0) is 25.1 Å². The van der Waals surface area contributed by atoms with Crippen molar-refractivity contribution < 1.29 is 18.7 Å². The van der Waals surface area contributed by atoms with Crippen LogP contribution in [0.4, 0.5) is 0 Å². The summed E-state index contributed by atoms with van der Waals surface area (Å²) in [7, 11) is 2.94. The molecule has 4 heteroatoms. The van der Waals surface area contributed by atoms with Crippen molar-refractivity contribution in [3.63, 3.8) is 0 Å². The minimum atomic E-state index is -0.405. The summed E-state index contributed by atoms with van der Waals surface area (Å²) in [5, 5.41) is 0. The van der Waals surface area contributed by atoms with E-state index in [1.165, 1.54) is 7.11 Å². The van der Waals surface area contributed by atoms with Crippen LogP contribution in [-0.4, -0.2) is 20.2 Å². The second kappa shape index (κ2) is 4.96. The van der Waals surface area contributed by atoms with Crippen molar-refractivity contribution in [1.82, 2.24) is 0 Å². The molecular weight excluding hydrogens is 232 g/mol. The van der Waals surface area contributed by atoms with Crippen LogP contribution in [0.25, 0.3) is 11.3 Å². The molecule has 0 radical (unpaired) electrons. The van der Waals surface area contributed by atoms with E-state index >= 15 is 0 Å². The maximum Gasteiger partial charge on any atom is 0.341 e. The number of esters is 1. The molecule has 4 nitrogen and oxygen atoms in total. The summed E-state index contributed by atoms with van der Waals surface area (Å²) in [4.78, 5) is 11.5. The zero-order chi connectivity index (χ0) is 13.1. The van der Waals surface area contributed by atoms with Gasteiger partial charge in [-0.15, -0.1) is 0 Å². The van der Waals surface area contributed by atoms with Gasteiger partial charge in [-0.25, -0.2) is 4.79 Å². The third kappa shape index (κ3) is 2.09. The van der Waals surface area contributed by atoms with E-state index in [0.717, 1.165) is 5.56 Å². The van der Waals surface area contributed by atoms with Gasteiger partial charge in [0.1, 0.15) is 22.8 Å². The lowest BCUT2D eigenvalue weighted by atomic mass is 10.1. The van der Waals surface area contributed by atoms with Gasteiger partial charge in [0.15, 0.2) is 0 Å². The molecule has 18 heavy (non-hydrogen) atoms. The van der Waals surface area contributed by atoms with Crippen LogP contribution in [0.3, 0.4) is 0 Å². The van der Waals surface area contributed by atoms with Crippen LogP contribution in [0.2, 0.25) is 0 Å². The van der Waals surface area contributed by atoms with Crippen LogP contribution in [0.5, 0.6) is 5.75 Å². The molecule has 0 spiro atoms. The van der Waals surface area contributed by atoms with Crippen LogP contribution in [0.1, 0.15) is 16.1 Å². The molecule has 94 valence electrons.